The van der Waals surface area contributed by atoms with Gasteiger partial charge in [0, 0.05) is 204 Å². The van der Waals surface area contributed by atoms with E-state index in [9.17, 15) is 31.1 Å². The first kappa shape index (κ1) is 110. The number of thiophene rings is 2. The summed E-state index contributed by atoms with van der Waals surface area (Å²) in [6.45, 7) is 10.9. The SMILES string of the molecule is CC(O)CC(C)O.CC(O)CC(C)O.CC1CC(C)OC2(O1)c1c(sc3ccccc13)-c1cccc[n+]12.Fc1c[c-]c(-c2ccccn2)c(F)c1.Fc1c[c-]c(-c2ccccn2)c(F)c1.Fc1c[c-]c(-c2ccccn2)c(F)c1.O=C(O)c1ccccn1.[Ir].[Ir].[Ir].[Ir].[c-]1ccccc1-c1ccccn1.c1ccc(C2CC(c3ccccc3)OC3(O2)c2c(sc4ccccc24)-c2cccc[n+]23)cc1. The van der Waals surface area contributed by atoms with Crippen molar-refractivity contribution in [2.75, 3.05) is 0 Å². The van der Waals surface area contributed by atoms with Crippen LogP contribution < -0.4 is 9.13 Å². The van der Waals surface area contributed by atoms with Gasteiger partial charge in [0.1, 0.15) is 26.6 Å². The van der Waals surface area contributed by atoms with Gasteiger partial charge >= 0.3 is 17.8 Å². The number of aromatic carboxylic acids is 1. The number of hydrogen-bond acceptors (Lipinski definition) is 16. The van der Waals surface area contributed by atoms with Crippen molar-refractivity contribution in [3.63, 3.8) is 0 Å². The van der Waals surface area contributed by atoms with Gasteiger partial charge in [-0.2, -0.15) is 0 Å². The van der Waals surface area contributed by atoms with Crippen LogP contribution in [0, 0.1) is 59.2 Å². The van der Waals surface area contributed by atoms with E-state index >= 15 is 0 Å². The first-order chi connectivity index (χ1) is 64.4. The van der Waals surface area contributed by atoms with Crippen LogP contribution in [-0.2, 0) is 111 Å². The van der Waals surface area contributed by atoms with Crippen LogP contribution in [0.4, 0.5) is 26.3 Å². The predicted molar refractivity (Wildman–Crippen MR) is 501 cm³/mol. The smallest absolute Gasteiger partial charge is 0.423 e. The zero-order chi connectivity index (χ0) is 94.0. The number of carbonyl (C=O) groups is 1. The van der Waals surface area contributed by atoms with Crippen LogP contribution in [0.5, 0.6) is 0 Å². The molecule has 0 aliphatic carbocycles. The number of hydrogen-bond donors (Lipinski definition) is 5. The fraction of sp³-hybridized carbons (Fsp3) is 0.185. The average Bonchev–Trinajstić information content (AvgIpc) is 1.54. The van der Waals surface area contributed by atoms with Crippen molar-refractivity contribution in [2.24, 2.45) is 0 Å². The maximum atomic E-state index is 13.2. The van der Waals surface area contributed by atoms with Crippen LogP contribution in [0.1, 0.15) is 112 Å². The molecule has 8 atom stereocenters. The molecule has 714 valence electrons. The second-order valence-corrected chi connectivity index (χ2v) is 33.3. The Bertz CT molecular complexity index is 6270. The van der Waals surface area contributed by atoms with Crippen LogP contribution >= 0.6 is 22.7 Å². The van der Waals surface area contributed by atoms with Crippen LogP contribution in [0.2, 0.25) is 0 Å². The quantitative estimate of drug-likeness (QED) is 0.0461. The van der Waals surface area contributed by atoms with Gasteiger partial charge < -0.3 is 45.5 Å². The van der Waals surface area contributed by atoms with E-state index in [2.05, 4.69) is 224 Å². The Hall–Kier alpha value is -10.9. The Morgan fingerprint density at radius 1 is 0.401 bits per heavy atom. The van der Waals surface area contributed by atoms with Crippen LogP contribution in [0.15, 0.2) is 341 Å². The van der Waals surface area contributed by atoms with Gasteiger partial charge in [0.15, 0.2) is 12.4 Å². The molecule has 5 N–H and O–H groups in total. The van der Waals surface area contributed by atoms with Crippen LogP contribution in [-0.4, -0.2) is 93.0 Å². The molecule has 21 rings (SSSR count). The Kier molecular flexibility index (Phi) is 42.7. The van der Waals surface area contributed by atoms with Gasteiger partial charge in [-0.15, -0.1) is 104 Å². The van der Waals surface area contributed by atoms with Gasteiger partial charge in [0.05, 0.1) is 48.8 Å². The van der Waals surface area contributed by atoms with Gasteiger partial charge in [-0.05, 0) is 149 Å². The molecular formula is C108H95F6Ir4N7O10S2-2. The summed E-state index contributed by atoms with van der Waals surface area (Å²) in [6.07, 6.45) is 13.3. The standard InChI is InChI=1S/C29H22NO2S.C19H18NO2S.3C11H6F2N.C11H8N.C6H5NO2.2C5H12O2.4Ir/c1-3-11-20(12-4-1)24-19-25(21-13-5-2-6-14-21)32-29(31-24)27-22-15-7-8-17-26(22)33-28(27)23-16-9-10-18-30(23)29;1-12-11-13(2)22-19(21-12)17-14-7-3-4-9-16(14)23-18(17)15-8-5-6-10-20(15)19;3*12-8-4-5-9(10(13)7-8)11-3-1-2-6-14-11;1-2-6-10(7-3-1)11-8-4-5-9-12-11;8-6(9)5-3-1-2-4-7-5;2*1-4(6)3-5(2)7;;;;/h1-18,24-25H,19H2;3-10,12-13H,11H2,1-2H3;3*1-4,6-7H;1-6,8-9H;1-4H,(H,8,9);2*4-7H,3H2,1-2H3;;;;/q2*+1;4*-1;;;;;;;. The van der Waals surface area contributed by atoms with Crippen LogP contribution in [0.3, 0.4) is 0 Å². The fourth-order valence-corrected chi connectivity index (χ4v) is 17.7. The molecule has 137 heavy (non-hydrogen) atoms. The minimum Gasteiger partial charge on any atom is -0.477 e. The Labute approximate surface area is 853 Å². The summed E-state index contributed by atoms with van der Waals surface area (Å²) in [7, 11) is 0. The zero-order valence-electron chi connectivity index (χ0n) is 74.6. The maximum Gasteiger partial charge on any atom is 0.423 e. The number of aliphatic hydroxyl groups excluding tert-OH is 4. The summed E-state index contributed by atoms with van der Waals surface area (Å²) < 4.78 is 111. The molecule has 4 radical (unpaired) electrons. The summed E-state index contributed by atoms with van der Waals surface area (Å²) in [4.78, 5) is 32.2. The number of carboxylic acids is 1. The molecule has 17 aromatic rings. The second-order valence-electron chi connectivity index (χ2n) is 31.2. The number of carboxylic acid groups (broad SMARTS) is 1. The summed E-state index contributed by atoms with van der Waals surface area (Å²) in [5.74, 6) is -6.70. The molecule has 9 aromatic heterocycles. The van der Waals surface area contributed by atoms with Crippen molar-refractivity contribution in [1.29, 1.82) is 0 Å². The normalized spacial score (nSPS) is 17.0. The average molecular weight is 2600 g/mol. The van der Waals surface area contributed by atoms with E-state index < -0.39 is 52.7 Å². The molecule has 13 heterocycles. The fourth-order valence-electron chi connectivity index (χ4n) is 15.1. The third-order valence-electron chi connectivity index (χ3n) is 20.6. The third kappa shape index (κ3) is 28.9. The van der Waals surface area contributed by atoms with Gasteiger partial charge in [-0.25, -0.2) is 9.78 Å². The molecule has 2 fully saturated rings. The number of aromatic nitrogens is 7. The van der Waals surface area contributed by atoms with Crippen molar-refractivity contribution in [1.82, 2.24) is 24.9 Å². The number of rotatable bonds is 11. The van der Waals surface area contributed by atoms with Crippen molar-refractivity contribution in [3.05, 3.63) is 428 Å². The molecule has 2 saturated heterocycles. The van der Waals surface area contributed by atoms with E-state index in [0.29, 0.717) is 29.9 Å². The molecule has 4 aliphatic rings. The topological polar surface area (TPSA) is 227 Å². The second kappa shape index (κ2) is 53.3. The minimum atomic E-state index is -1.02. The Morgan fingerprint density at radius 2 is 0.737 bits per heavy atom. The van der Waals surface area contributed by atoms with Crippen molar-refractivity contribution in [3.8, 4) is 66.2 Å². The zero-order valence-corrected chi connectivity index (χ0v) is 85.8. The summed E-state index contributed by atoms with van der Waals surface area (Å²) in [5, 5.41) is 45.0. The number of benzene rings is 8. The Morgan fingerprint density at radius 3 is 1.06 bits per heavy atom. The first-order valence-electron chi connectivity index (χ1n) is 42.8. The van der Waals surface area contributed by atoms with Gasteiger partial charge in [0.2, 0.25) is 11.4 Å². The molecule has 8 aromatic carbocycles. The molecule has 0 amide bonds. The van der Waals surface area contributed by atoms with Crippen molar-refractivity contribution < 1.29 is 165 Å². The number of pyridine rings is 7. The minimum absolute atomic E-state index is 0. The molecule has 17 nitrogen and oxygen atoms in total. The number of halogens is 6. The van der Waals surface area contributed by atoms with Crippen molar-refractivity contribution >= 4 is 48.8 Å². The molecular weight excluding hydrogens is 2500 g/mol. The van der Waals surface area contributed by atoms with E-state index in [1.807, 2.05) is 71.2 Å². The molecule has 0 bridgehead atoms. The summed E-state index contributed by atoms with van der Waals surface area (Å²) in [5.41, 5.74) is 10.9. The third-order valence-corrected chi connectivity index (χ3v) is 23.0. The van der Waals surface area contributed by atoms with E-state index in [0.717, 1.165) is 71.8 Å². The number of aliphatic hydroxyl groups is 4. The summed E-state index contributed by atoms with van der Waals surface area (Å²) in [6, 6.07) is 101. The van der Waals surface area contributed by atoms with Crippen LogP contribution in [0.25, 0.3) is 86.3 Å². The van der Waals surface area contributed by atoms with E-state index in [-0.39, 0.29) is 152 Å². The van der Waals surface area contributed by atoms with Gasteiger partial charge in [-0.3, -0.25) is 45.3 Å². The molecule has 4 aliphatic heterocycles. The number of nitrogens with zero attached hydrogens (tertiary/aromatic N) is 7. The molecule has 8 unspecified atom stereocenters. The van der Waals surface area contributed by atoms with Gasteiger partial charge in [-0.1, -0.05) is 187 Å². The molecule has 2 spiro atoms. The number of fused-ring (bicyclic) bond motifs is 14. The van der Waals surface area contributed by atoms with E-state index in [4.69, 9.17) is 44.5 Å². The van der Waals surface area contributed by atoms with Crippen molar-refractivity contribution in [2.45, 2.75) is 128 Å². The molecule has 0 saturated carbocycles. The number of ether oxygens (including phenoxy) is 4. The molecule has 29 heteroatoms. The first-order valence-corrected chi connectivity index (χ1v) is 44.5. The van der Waals surface area contributed by atoms with Gasteiger partial charge in [0.25, 0.3) is 0 Å². The monoisotopic (exact) mass is 2600 g/mol. The predicted octanol–water partition coefficient (Wildman–Crippen LogP) is 22.9. The largest absolute Gasteiger partial charge is 0.477 e. The van der Waals surface area contributed by atoms with E-state index in [1.165, 1.54) is 64.6 Å². The summed E-state index contributed by atoms with van der Waals surface area (Å²) >= 11 is 3.63. The Balaban J connectivity index is 0.000000180. The van der Waals surface area contributed by atoms with E-state index in [1.54, 1.807) is 119 Å². The maximum absolute atomic E-state index is 13.2.